The molecule has 0 saturated carbocycles. The fourth-order valence-electron chi connectivity index (χ4n) is 3.55. The van der Waals surface area contributed by atoms with E-state index in [4.69, 9.17) is 21.1 Å². The molecule has 3 aromatic rings. The van der Waals surface area contributed by atoms with E-state index in [0.717, 1.165) is 17.5 Å². The summed E-state index contributed by atoms with van der Waals surface area (Å²) in [7, 11) is 3.09. The van der Waals surface area contributed by atoms with Gasteiger partial charge in [0.25, 0.3) is 5.91 Å². The summed E-state index contributed by atoms with van der Waals surface area (Å²) in [6.07, 6.45) is 2.50. The van der Waals surface area contributed by atoms with E-state index in [1.54, 1.807) is 55.6 Å². The van der Waals surface area contributed by atoms with Crippen molar-refractivity contribution in [3.8, 4) is 11.5 Å². The van der Waals surface area contributed by atoms with Gasteiger partial charge in [0.1, 0.15) is 22.9 Å². The first-order chi connectivity index (χ1) is 14.1. The molecule has 0 radical (unpaired) electrons. The summed E-state index contributed by atoms with van der Waals surface area (Å²) in [6, 6.07) is 10.8. The van der Waals surface area contributed by atoms with Gasteiger partial charge in [0, 0.05) is 24.2 Å². The van der Waals surface area contributed by atoms with Gasteiger partial charge in [-0.1, -0.05) is 17.7 Å². The lowest BCUT2D eigenvalue weighted by molar-refractivity contribution is 0.0784. The van der Waals surface area contributed by atoms with E-state index in [9.17, 15) is 4.79 Å². The monoisotopic (exact) mass is 412 g/mol. The molecule has 150 valence electrons. The fourth-order valence-corrected chi connectivity index (χ4v) is 3.71. The standard InChI is InChI=1S/C21H21ClN4O3/c1-28-17-4-3-5-18(29-2)20(17)21(27)26-9-8-14(12-26)24-19-11-23-15-7-6-13(22)10-16(15)25-19/h3-7,10-11,14H,8-9,12H2,1-2H3,(H,24,25). The third kappa shape index (κ3) is 3.91. The zero-order valence-electron chi connectivity index (χ0n) is 16.2. The number of nitrogens with one attached hydrogen (secondary N) is 1. The normalized spacial score (nSPS) is 16.1. The molecule has 0 spiro atoms. The van der Waals surface area contributed by atoms with Gasteiger partial charge in [0.2, 0.25) is 0 Å². The van der Waals surface area contributed by atoms with Crippen molar-refractivity contribution in [1.82, 2.24) is 14.9 Å². The highest BCUT2D eigenvalue weighted by atomic mass is 35.5. The molecule has 7 nitrogen and oxygen atoms in total. The van der Waals surface area contributed by atoms with Crippen LogP contribution in [0.1, 0.15) is 16.8 Å². The van der Waals surface area contributed by atoms with Crippen LogP contribution in [-0.4, -0.2) is 54.1 Å². The molecule has 1 aliphatic rings. The molecular weight excluding hydrogens is 392 g/mol. The molecule has 1 amide bonds. The van der Waals surface area contributed by atoms with Crippen LogP contribution in [0.15, 0.2) is 42.6 Å². The molecular formula is C21H21ClN4O3. The van der Waals surface area contributed by atoms with Crippen molar-refractivity contribution >= 4 is 34.4 Å². The number of anilines is 1. The Morgan fingerprint density at radius 3 is 2.66 bits per heavy atom. The number of aromatic nitrogens is 2. The molecule has 2 heterocycles. The molecule has 1 fully saturated rings. The maximum atomic E-state index is 13.1. The number of hydrogen-bond acceptors (Lipinski definition) is 6. The lowest BCUT2D eigenvalue weighted by atomic mass is 10.1. The van der Waals surface area contributed by atoms with Crippen LogP contribution in [0.4, 0.5) is 5.82 Å². The third-order valence-electron chi connectivity index (χ3n) is 4.97. The van der Waals surface area contributed by atoms with Gasteiger partial charge in [-0.15, -0.1) is 0 Å². The third-order valence-corrected chi connectivity index (χ3v) is 5.21. The van der Waals surface area contributed by atoms with Gasteiger partial charge in [-0.05, 0) is 36.8 Å². The molecule has 8 heteroatoms. The number of carbonyl (C=O) groups is 1. The molecule has 1 unspecified atom stereocenters. The number of hydrogen-bond donors (Lipinski definition) is 1. The first kappa shape index (κ1) is 19.3. The Bertz CT molecular complexity index is 1040. The number of rotatable bonds is 5. The Morgan fingerprint density at radius 1 is 1.17 bits per heavy atom. The Morgan fingerprint density at radius 2 is 1.93 bits per heavy atom. The first-order valence-electron chi connectivity index (χ1n) is 9.28. The zero-order chi connectivity index (χ0) is 20.4. The summed E-state index contributed by atoms with van der Waals surface area (Å²) in [5, 5.41) is 3.99. The lowest BCUT2D eigenvalue weighted by Gasteiger charge is -2.20. The molecule has 1 aliphatic heterocycles. The Balaban J connectivity index is 1.49. The molecule has 1 saturated heterocycles. The topological polar surface area (TPSA) is 76.6 Å². The number of amides is 1. The minimum atomic E-state index is -0.111. The maximum absolute atomic E-state index is 13.1. The van der Waals surface area contributed by atoms with Crippen LogP contribution in [0.25, 0.3) is 11.0 Å². The summed E-state index contributed by atoms with van der Waals surface area (Å²) in [5.74, 6) is 1.56. The van der Waals surface area contributed by atoms with Crippen LogP contribution in [0.3, 0.4) is 0 Å². The number of likely N-dealkylation sites (tertiary alicyclic amines) is 1. The highest BCUT2D eigenvalue weighted by Crippen LogP contribution is 2.31. The van der Waals surface area contributed by atoms with Crippen molar-refractivity contribution in [3.05, 3.63) is 53.2 Å². The van der Waals surface area contributed by atoms with Crippen LogP contribution in [0.5, 0.6) is 11.5 Å². The number of carbonyl (C=O) groups excluding carboxylic acids is 1. The van der Waals surface area contributed by atoms with Gasteiger partial charge in [0.15, 0.2) is 0 Å². The average Bonchev–Trinajstić information content (AvgIpc) is 3.20. The number of nitrogens with zero attached hydrogens (tertiary/aromatic N) is 3. The Labute approximate surface area is 173 Å². The van der Waals surface area contributed by atoms with Crippen molar-refractivity contribution in [2.45, 2.75) is 12.5 Å². The van der Waals surface area contributed by atoms with Gasteiger partial charge < -0.3 is 19.7 Å². The van der Waals surface area contributed by atoms with Gasteiger partial charge in [-0.25, -0.2) is 4.98 Å². The average molecular weight is 413 g/mol. The minimum Gasteiger partial charge on any atom is -0.496 e. The molecule has 0 bridgehead atoms. The first-order valence-corrected chi connectivity index (χ1v) is 9.66. The number of ether oxygens (including phenoxy) is 2. The molecule has 2 aromatic carbocycles. The van der Waals surface area contributed by atoms with E-state index < -0.39 is 0 Å². The Kier molecular flexibility index (Phi) is 5.40. The van der Waals surface area contributed by atoms with Crippen molar-refractivity contribution in [2.75, 3.05) is 32.6 Å². The predicted molar refractivity (Wildman–Crippen MR) is 112 cm³/mol. The van der Waals surface area contributed by atoms with Gasteiger partial charge in [-0.3, -0.25) is 9.78 Å². The second kappa shape index (κ2) is 8.13. The molecule has 4 rings (SSSR count). The van der Waals surface area contributed by atoms with Crippen molar-refractivity contribution in [2.24, 2.45) is 0 Å². The Hall–Kier alpha value is -3.06. The predicted octanol–water partition coefficient (Wildman–Crippen LogP) is 3.63. The van der Waals surface area contributed by atoms with E-state index in [1.165, 1.54) is 0 Å². The fraction of sp³-hybridized carbons (Fsp3) is 0.286. The van der Waals surface area contributed by atoms with Gasteiger partial charge in [-0.2, -0.15) is 0 Å². The second-order valence-electron chi connectivity index (χ2n) is 6.81. The molecule has 0 aliphatic carbocycles. The van der Waals surface area contributed by atoms with Crippen LogP contribution < -0.4 is 14.8 Å². The van der Waals surface area contributed by atoms with Crippen molar-refractivity contribution in [3.63, 3.8) is 0 Å². The van der Waals surface area contributed by atoms with Gasteiger partial charge in [0.05, 0.1) is 31.4 Å². The summed E-state index contributed by atoms with van der Waals surface area (Å²) >= 11 is 6.05. The van der Waals surface area contributed by atoms with Crippen molar-refractivity contribution < 1.29 is 14.3 Å². The number of methoxy groups -OCH3 is 2. The number of benzene rings is 2. The van der Waals surface area contributed by atoms with E-state index in [2.05, 4.69) is 15.3 Å². The zero-order valence-corrected chi connectivity index (χ0v) is 16.9. The van der Waals surface area contributed by atoms with Crippen LogP contribution >= 0.6 is 11.6 Å². The smallest absolute Gasteiger partial charge is 0.261 e. The number of halogens is 1. The number of fused-ring (bicyclic) bond motifs is 1. The van der Waals surface area contributed by atoms with Gasteiger partial charge >= 0.3 is 0 Å². The van der Waals surface area contributed by atoms with Crippen molar-refractivity contribution in [1.29, 1.82) is 0 Å². The summed E-state index contributed by atoms with van der Waals surface area (Å²) in [5.41, 5.74) is 1.96. The van der Waals surface area contributed by atoms with Crippen LogP contribution in [-0.2, 0) is 0 Å². The lowest BCUT2D eigenvalue weighted by Crippen LogP contribution is -2.32. The molecule has 29 heavy (non-hydrogen) atoms. The summed E-state index contributed by atoms with van der Waals surface area (Å²) in [4.78, 5) is 23.9. The minimum absolute atomic E-state index is 0.0746. The van der Waals surface area contributed by atoms with Crippen LogP contribution in [0, 0.1) is 0 Å². The van der Waals surface area contributed by atoms with E-state index in [0.29, 0.717) is 41.0 Å². The summed E-state index contributed by atoms with van der Waals surface area (Å²) < 4.78 is 10.7. The molecule has 1 aromatic heterocycles. The second-order valence-corrected chi connectivity index (χ2v) is 7.24. The summed E-state index contributed by atoms with van der Waals surface area (Å²) in [6.45, 7) is 1.18. The SMILES string of the molecule is COc1cccc(OC)c1C(=O)N1CCC(Nc2cnc3ccc(Cl)cc3n2)C1. The molecule has 1 N–H and O–H groups in total. The quantitative estimate of drug-likeness (QED) is 0.689. The van der Waals surface area contributed by atoms with E-state index in [-0.39, 0.29) is 11.9 Å². The highest BCUT2D eigenvalue weighted by molar-refractivity contribution is 6.31. The maximum Gasteiger partial charge on any atom is 0.261 e. The largest absolute Gasteiger partial charge is 0.496 e. The van der Waals surface area contributed by atoms with Crippen LogP contribution in [0.2, 0.25) is 5.02 Å². The van der Waals surface area contributed by atoms with E-state index in [1.807, 2.05) is 6.07 Å². The highest BCUT2D eigenvalue weighted by Gasteiger charge is 2.30. The van der Waals surface area contributed by atoms with E-state index >= 15 is 0 Å². The molecule has 1 atom stereocenters.